The molecule has 0 fully saturated rings. The monoisotopic (exact) mass is 324 g/mol. The Morgan fingerprint density at radius 2 is 1.83 bits per heavy atom. The third-order valence-electron chi connectivity index (χ3n) is 2.40. The van der Waals surface area contributed by atoms with Gasteiger partial charge in [0, 0.05) is 0 Å². The first-order chi connectivity index (χ1) is 8.20. The van der Waals surface area contributed by atoms with Gasteiger partial charge in [0.2, 0.25) is 0 Å². The standard InChI is InChI=1S/C9H4BBrF4NO2/c11-5-1-4-7(2-6(5)12)16(3-10(13,14)15)9(18)8(4)17/h1-2H,3H2/q-1. The molecule has 18 heavy (non-hydrogen) atoms. The molecule has 0 N–H and O–H groups in total. The summed E-state index contributed by atoms with van der Waals surface area (Å²) in [5, 5.41) is 0. The van der Waals surface area contributed by atoms with E-state index in [4.69, 9.17) is 0 Å². The third kappa shape index (κ3) is 2.14. The minimum Gasteiger partial charge on any atom is -0.448 e. The number of carbonyl (C=O) groups is 2. The Morgan fingerprint density at radius 3 is 2.39 bits per heavy atom. The van der Waals surface area contributed by atoms with Crippen LogP contribution in [0, 0.1) is 5.82 Å². The SMILES string of the molecule is O=C1C(=O)N(C[B-](F)(F)F)c2cc(F)c(Br)cc21. The molecule has 0 bridgehead atoms. The van der Waals surface area contributed by atoms with Gasteiger partial charge < -0.3 is 17.8 Å². The Morgan fingerprint density at radius 1 is 1.22 bits per heavy atom. The minimum absolute atomic E-state index is 0.0817. The van der Waals surface area contributed by atoms with Gasteiger partial charge in [-0.1, -0.05) is 0 Å². The van der Waals surface area contributed by atoms with Crippen LogP contribution >= 0.6 is 15.9 Å². The van der Waals surface area contributed by atoms with Gasteiger partial charge in [-0.25, -0.2) is 4.39 Å². The summed E-state index contributed by atoms with van der Waals surface area (Å²) in [6.07, 6.45) is -1.56. The zero-order valence-corrected chi connectivity index (χ0v) is 10.2. The number of hydrogen-bond donors (Lipinski definition) is 0. The summed E-state index contributed by atoms with van der Waals surface area (Å²) in [6, 6.07) is 1.75. The van der Waals surface area contributed by atoms with E-state index in [-0.39, 0.29) is 20.6 Å². The molecule has 1 aromatic carbocycles. The number of hydrogen-bond acceptors (Lipinski definition) is 2. The highest BCUT2D eigenvalue weighted by Gasteiger charge is 2.40. The molecule has 1 aliphatic heterocycles. The number of carbonyl (C=O) groups excluding carboxylic acids is 2. The first-order valence-corrected chi connectivity index (χ1v) is 5.56. The van der Waals surface area contributed by atoms with Gasteiger partial charge in [-0.2, -0.15) is 0 Å². The highest BCUT2D eigenvalue weighted by Crippen LogP contribution is 2.34. The Kier molecular flexibility index (Phi) is 2.96. The number of benzene rings is 1. The molecule has 0 aliphatic carbocycles. The van der Waals surface area contributed by atoms with Crippen molar-refractivity contribution in [2.45, 2.75) is 0 Å². The summed E-state index contributed by atoms with van der Waals surface area (Å²) in [5.41, 5.74) is -0.571. The van der Waals surface area contributed by atoms with Gasteiger partial charge in [0.25, 0.3) is 11.7 Å². The van der Waals surface area contributed by atoms with Crippen LogP contribution in [-0.2, 0) is 4.79 Å². The number of ketones is 1. The number of amides is 1. The summed E-state index contributed by atoms with van der Waals surface area (Å²) in [6.45, 7) is -5.30. The first-order valence-electron chi connectivity index (χ1n) is 4.77. The van der Waals surface area contributed by atoms with Gasteiger partial charge >= 0.3 is 6.98 Å². The van der Waals surface area contributed by atoms with Crippen LogP contribution in [-0.4, -0.2) is 25.1 Å². The number of nitrogens with zero attached hydrogens (tertiary/aromatic N) is 1. The van der Waals surface area contributed by atoms with Crippen molar-refractivity contribution in [1.29, 1.82) is 0 Å². The number of rotatable bonds is 2. The van der Waals surface area contributed by atoms with E-state index in [1.165, 1.54) is 0 Å². The van der Waals surface area contributed by atoms with Gasteiger partial charge in [-0.3, -0.25) is 9.59 Å². The molecule has 1 heterocycles. The molecule has 0 saturated heterocycles. The number of anilines is 1. The van der Waals surface area contributed by atoms with Crippen LogP contribution in [0.15, 0.2) is 16.6 Å². The lowest BCUT2D eigenvalue weighted by Gasteiger charge is -2.23. The third-order valence-corrected chi connectivity index (χ3v) is 3.01. The fourth-order valence-electron chi connectivity index (χ4n) is 1.68. The predicted octanol–water partition coefficient (Wildman–Crippen LogP) is 2.50. The van der Waals surface area contributed by atoms with Crippen LogP contribution in [0.1, 0.15) is 10.4 Å². The predicted molar refractivity (Wildman–Crippen MR) is 59.9 cm³/mol. The Labute approximate surface area is 107 Å². The fourth-order valence-corrected chi connectivity index (χ4v) is 2.02. The zero-order chi connectivity index (χ0) is 13.7. The largest absolute Gasteiger partial charge is 0.497 e. The topological polar surface area (TPSA) is 37.4 Å². The lowest BCUT2D eigenvalue weighted by Crippen LogP contribution is -2.41. The van der Waals surface area contributed by atoms with Crippen molar-refractivity contribution in [3.63, 3.8) is 0 Å². The molecule has 1 aliphatic rings. The number of halogens is 5. The summed E-state index contributed by atoms with van der Waals surface area (Å²) < 4.78 is 50.2. The van der Waals surface area contributed by atoms with Crippen molar-refractivity contribution in [3.8, 4) is 0 Å². The second kappa shape index (κ2) is 4.08. The fraction of sp³-hybridized carbons (Fsp3) is 0.111. The molecule has 3 nitrogen and oxygen atoms in total. The summed E-state index contributed by atoms with van der Waals surface area (Å²) in [5.74, 6) is -3.19. The highest BCUT2D eigenvalue weighted by molar-refractivity contribution is 9.10. The molecule has 0 aromatic heterocycles. The molecule has 1 aromatic rings. The van der Waals surface area contributed by atoms with Crippen LogP contribution in [0.4, 0.5) is 23.0 Å². The summed E-state index contributed by atoms with van der Waals surface area (Å²) >= 11 is 2.80. The van der Waals surface area contributed by atoms with Crippen molar-refractivity contribution < 1.29 is 26.9 Å². The smallest absolute Gasteiger partial charge is 0.448 e. The van der Waals surface area contributed by atoms with Crippen LogP contribution < -0.4 is 4.90 Å². The van der Waals surface area contributed by atoms with Crippen LogP contribution in [0.25, 0.3) is 0 Å². The maximum atomic E-state index is 13.3. The van der Waals surface area contributed by atoms with Gasteiger partial charge in [0.1, 0.15) is 5.82 Å². The Balaban J connectivity index is 2.52. The van der Waals surface area contributed by atoms with E-state index in [0.29, 0.717) is 0 Å². The average molecular weight is 325 g/mol. The van der Waals surface area contributed by atoms with Gasteiger partial charge in [-0.05, 0) is 34.5 Å². The number of fused-ring (bicyclic) bond motifs is 1. The van der Waals surface area contributed by atoms with E-state index in [0.717, 1.165) is 12.1 Å². The van der Waals surface area contributed by atoms with Crippen LogP contribution in [0.5, 0.6) is 0 Å². The molecule has 0 unspecified atom stereocenters. The van der Waals surface area contributed by atoms with Crippen molar-refractivity contribution in [3.05, 3.63) is 28.0 Å². The molecule has 0 saturated carbocycles. The van der Waals surface area contributed by atoms with E-state index < -0.39 is 30.9 Å². The quantitative estimate of drug-likeness (QED) is 0.476. The highest BCUT2D eigenvalue weighted by atomic mass is 79.9. The number of Topliss-reactive ketones (excluding diaryl/α,β-unsaturated/α-hetero) is 1. The van der Waals surface area contributed by atoms with Gasteiger partial charge in [-0.15, -0.1) is 0 Å². The summed E-state index contributed by atoms with van der Waals surface area (Å²) in [7, 11) is 0. The van der Waals surface area contributed by atoms with Crippen molar-refractivity contribution in [1.82, 2.24) is 0 Å². The minimum atomic E-state index is -5.30. The molecular weight excluding hydrogens is 321 g/mol. The lowest BCUT2D eigenvalue weighted by molar-refractivity contribution is -0.114. The lowest BCUT2D eigenvalue weighted by atomic mass is 9.91. The van der Waals surface area contributed by atoms with Crippen LogP contribution in [0.2, 0.25) is 0 Å². The second-order valence-electron chi connectivity index (χ2n) is 3.74. The summed E-state index contributed by atoms with van der Waals surface area (Å²) in [4.78, 5) is 23.1. The molecule has 0 spiro atoms. The van der Waals surface area contributed by atoms with Crippen molar-refractivity contribution in [2.24, 2.45) is 0 Å². The van der Waals surface area contributed by atoms with Crippen molar-refractivity contribution >= 4 is 40.3 Å². The van der Waals surface area contributed by atoms with E-state index in [1.54, 1.807) is 0 Å². The molecule has 0 radical (unpaired) electrons. The van der Waals surface area contributed by atoms with E-state index in [1.807, 2.05) is 0 Å². The average Bonchev–Trinajstić information content (AvgIpc) is 2.44. The first kappa shape index (κ1) is 13.1. The molecule has 96 valence electrons. The maximum absolute atomic E-state index is 13.3. The van der Waals surface area contributed by atoms with E-state index in [2.05, 4.69) is 15.9 Å². The molecule has 9 heteroatoms. The maximum Gasteiger partial charge on any atom is 0.497 e. The van der Waals surface area contributed by atoms with Crippen LogP contribution in [0.3, 0.4) is 0 Å². The zero-order valence-electron chi connectivity index (χ0n) is 8.59. The molecular formula is C9H4BBrF4NO2-. The Hall–Kier alpha value is -1.38. The Bertz CT molecular complexity index is 560. The molecule has 2 rings (SSSR count). The normalized spacial score (nSPS) is 15.3. The van der Waals surface area contributed by atoms with E-state index in [9.17, 15) is 26.9 Å². The van der Waals surface area contributed by atoms with Gasteiger partial charge in [0.05, 0.1) is 15.7 Å². The van der Waals surface area contributed by atoms with E-state index >= 15 is 0 Å². The second-order valence-corrected chi connectivity index (χ2v) is 4.59. The van der Waals surface area contributed by atoms with Crippen molar-refractivity contribution in [2.75, 3.05) is 11.3 Å². The van der Waals surface area contributed by atoms with Gasteiger partial charge in [0.15, 0.2) is 0 Å². The molecule has 1 amide bonds. The molecule has 0 atom stereocenters.